The molecule has 148 valence electrons. The first-order valence-electron chi connectivity index (χ1n) is 8.42. The molecule has 0 amide bonds. The quantitative estimate of drug-likeness (QED) is 0.407. The molecule has 1 aromatic rings. The molecular formula is C20H19N4O4P. The molecule has 29 heavy (non-hydrogen) atoms. The Hall–Kier alpha value is -3.18. The van der Waals surface area contributed by atoms with Crippen LogP contribution in [0.2, 0.25) is 0 Å². The molecule has 9 heteroatoms. The number of nitrogens with two attached hydrogens (primary N) is 1. The van der Waals surface area contributed by atoms with Crippen LogP contribution < -0.4 is 10.3 Å². The monoisotopic (exact) mass is 410 g/mol. The molecule has 0 spiro atoms. The molecule has 0 bridgehead atoms. The van der Waals surface area contributed by atoms with Gasteiger partial charge in [0.05, 0.1) is 0 Å². The number of hydrogen-bond acceptors (Lipinski definition) is 8. The zero-order valence-corrected chi connectivity index (χ0v) is 17.1. The fourth-order valence-electron chi connectivity index (χ4n) is 2.56. The second-order valence-electron chi connectivity index (χ2n) is 6.14. The van der Waals surface area contributed by atoms with Crippen LogP contribution in [0.15, 0.2) is 52.8 Å². The molecule has 0 aromatic heterocycles. The molecule has 1 atom stereocenters. The molecule has 0 saturated carbocycles. The average Bonchev–Trinajstić information content (AvgIpc) is 2.97. The lowest BCUT2D eigenvalue weighted by Crippen LogP contribution is -2.20. The molecule has 2 N–H and O–H groups in total. The van der Waals surface area contributed by atoms with Crippen LogP contribution in [-0.2, 0) is 13.8 Å². The normalized spacial score (nSPS) is 16.0. The van der Waals surface area contributed by atoms with E-state index in [-0.39, 0.29) is 23.6 Å². The molecule has 0 saturated heterocycles. The molecule has 1 aliphatic heterocycles. The van der Waals surface area contributed by atoms with Gasteiger partial charge in [-0.15, -0.1) is 0 Å². The van der Waals surface area contributed by atoms with Gasteiger partial charge in [0.2, 0.25) is 0 Å². The standard InChI is InChI=1S/C20H19N4O4P/c1-20(2)18(17(12-23)19(27-20)15(10-21)11-22)9-6-14-4-7-16(8-5-14)28-29(25-3)26-13-24/h4-9H,13,24H2,1-3H3/b9-6+. The summed E-state index contributed by atoms with van der Waals surface area (Å²) in [6.07, 6.45) is 3.55. The molecule has 0 radical (unpaired) electrons. The molecule has 1 aliphatic rings. The van der Waals surface area contributed by atoms with E-state index in [1.165, 1.54) is 7.11 Å². The third-order valence-electron chi connectivity index (χ3n) is 3.90. The van der Waals surface area contributed by atoms with Gasteiger partial charge in [-0.2, -0.15) is 15.8 Å². The van der Waals surface area contributed by atoms with Crippen molar-refractivity contribution in [2.24, 2.45) is 5.73 Å². The number of hydrogen-bond donors (Lipinski definition) is 1. The molecule has 1 aromatic carbocycles. The smallest absolute Gasteiger partial charge is 0.398 e. The van der Waals surface area contributed by atoms with Gasteiger partial charge in [-0.25, -0.2) is 0 Å². The zero-order valence-electron chi connectivity index (χ0n) is 16.2. The Labute approximate surface area is 170 Å². The maximum absolute atomic E-state index is 9.54. The van der Waals surface area contributed by atoms with Crippen molar-refractivity contribution in [2.45, 2.75) is 19.4 Å². The van der Waals surface area contributed by atoms with Gasteiger partial charge < -0.3 is 19.5 Å². The third kappa shape index (κ3) is 5.21. The first-order valence-corrected chi connectivity index (χ1v) is 9.51. The highest BCUT2D eigenvalue weighted by Gasteiger charge is 2.38. The minimum atomic E-state index is -1.56. The van der Waals surface area contributed by atoms with Crippen molar-refractivity contribution in [3.05, 3.63) is 58.4 Å². The minimum absolute atomic E-state index is 0.00961. The summed E-state index contributed by atoms with van der Waals surface area (Å²) < 4.78 is 21.5. The summed E-state index contributed by atoms with van der Waals surface area (Å²) in [6.45, 7) is 3.53. The Morgan fingerprint density at radius 2 is 1.83 bits per heavy atom. The second kappa shape index (κ2) is 9.85. The van der Waals surface area contributed by atoms with Crippen LogP contribution in [-0.4, -0.2) is 19.4 Å². The molecule has 0 fully saturated rings. The van der Waals surface area contributed by atoms with Crippen molar-refractivity contribution < 1.29 is 18.3 Å². The summed E-state index contributed by atoms with van der Waals surface area (Å²) in [6, 6.07) is 12.7. The zero-order chi connectivity index (χ0) is 21.4. The van der Waals surface area contributed by atoms with Gasteiger partial charge >= 0.3 is 8.60 Å². The summed E-state index contributed by atoms with van der Waals surface area (Å²) in [5.41, 5.74) is 5.84. The lowest BCUT2D eigenvalue weighted by molar-refractivity contribution is 0.0954. The largest absolute Gasteiger partial charge is 0.480 e. The number of nitrogens with zero attached hydrogens (tertiary/aromatic N) is 3. The van der Waals surface area contributed by atoms with Gasteiger partial charge in [0.25, 0.3) is 0 Å². The summed E-state index contributed by atoms with van der Waals surface area (Å²) in [5.74, 6) is 0.571. The molecule has 1 unspecified atom stereocenters. The van der Waals surface area contributed by atoms with E-state index in [2.05, 4.69) is 0 Å². The second-order valence-corrected chi connectivity index (χ2v) is 7.39. The van der Waals surface area contributed by atoms with Gasteiger partial charge in [0.1, 0.15) is 41.9 Å². The predicted molar refractivity (Wildman–Crippen MR) is 106 cm³/mol. The van der Waals surface area contributed by atoms with Crippen molar-refractivity contribution in [3.63, 3.8) is 0 Å². The van der Waals surface area contributed by atoms with Crippen LogP contribution in [0.1, 0.15) is 19.4 Å². The average molecular weight is 410 g/mol. The van der Waals surface area contributed by atoms with Crippen LogP contribution in [0.4, 0.5) is 0 Å². The number of benzene rings is 1. The topological polar surface area (TPSA) is 134 Å². The van der Waals surface area contributed by atoms with E-state index in [9.17, 15) is 5.26 Å². The highest BCUT2D eigenvalue weighted by Crippen LogP contribution is 2.41. The van der Waals surface area contributed by atoms with E-state index in [0.29, 0.717) is 11.3 Å². The Morgan fingerprint density at radius 1 is 1.17 bits per heavy atom. The first-order chi connectivity index (χ1) is 13.9. The predicted octanol–water partition coefficient (Wildman–Crippen LogP) is 3.81. The van der Waals surface area contributed by atoms with Crippen molar-refractivity contribution in [1.29, 1.82) is 15.8 Å². The van der Waals surface area contributed by atoms with Gasteiger partial charge in [0.15, 0.2) is 11.3 Å². The van der Waals surface area contributed by atoms with Gasteiger partial charge in [0, 0.05) is 12.7 Å². The Kier molecular flexibility index (Phi) is 7.51. The van der Waals surface area contributed by atoms with E-state index >= 15 is 0 Å². The van der Waals surface area contributed by atoms with Crippen molar-refractivity contribution >= 4 is 14.7 Å². The highest BCUT2D eigenvalue weighted by atomic mass is 31.2. The number of allylic oxidation sites excluding steroid dienone is 2. The summed E-state index contributed by atoms with van der Waals surface area (Å²) in [4.78, 5) is 0. The fourth-order valence-corrected chi connectivity index (χ4v) is 3.21. The van der Waals surface area contributed by atoms with Crippen LogP contribution in [0, 0.1) is 34.0 Å². The Morgan fingerprint density at radius 3 is 2.34 bits per heavy atom. The van der Waals surface area contributed by atoms with Gasteiger partial charge in [-0.05, 0) is 31.5 Å². The Bertz CT molecular complexity index is 960. The molecular weight excluding hydrogens is 391 g/mol. The third-order valence-corrected chi connectivity index (χ3v) is 4.91. The van der Waals surface area contributed by atoms with Crippen LogP contribution >= 0.6 is 8.60 Å². The van der Waals surface area contributed by atoms with E-state index in [1.54, 1.807) is 50.3 Å². The van der Waals surface area contributed by atoms with Crippen molar-refractivity contribution in [3.8, 4) is 24.0 Å². The first kappa shape index (κ1) is 22.1. The van der Waals surface area contributed by atoms with E-state index in [1.807, 2.05) is 18.2 Å². The van der Waals surface area contributed by atoms with Crippen LogP contribution in [0.3, 0.4) is 0 Å². The SMILES string of the molecule is COP(OCN)Oc1ccc(/C=C/C2=C(C#N)C(=C(C#N)C#N)OC2(C)C)cc1. The van der Waals surface area contributed by atoms with E-state index in [0.717, 1.165) is 5.56 Å². The fraction of sp³-hybridized carbons (Fsp3) is 0.250. The molecule has 0 aliphatic carbocycles. The Balaban J connectivity index is 2.29. The highest BCUT2D eigenvalue weighted by molar-refractivity contribution is 7.42. The van der Waals surface area contributed by atoms with Crippen LogP contribution in [0.25, 0.3) is 6.08 Å². The number of ether oxygens (including phenoxy) is 1. The lowest BCUT2D eigenvalue weighted by atomic mass is 9.94. The van der Waals surface area contributed by atoms with Crippen molar-refractivity contribution in [1.82, 2.24) is 0 Å². The number of nitriles is 3. The number of rotatable bonds is 7. The molecule has 8 nitrogen and oxygen atoms in total. The lowest BCUT2D eigenvalue weighted by Gasteiger charge is -2.20. The molecule has 2 rings (SSSR count). The van der Waals surface area contributed by atoms with E-state index < -0.39 is 14.2 Å². The maximum atomic E-state index is 9.54. The van der Waals surface area contributed by atoms with Gasteiger partial charge in [-0.1, -0.05) is 24.3 Å². The minimum Gasteiger partial charge on any atom is -0.480 e. The molecule has 1 heterocycles. The summed E-state index contributed by atoms with van der Waals surface area (Å²) in [5, 5.41) is 27.8. The van der Waals surface area contributed by atoms with Crippen molar-refractivity contribution in [2.75, 3.05) is 13.8 Å². The summed E-state index contributed by atoms with van der Waals surface area (Å²) in [7, 11) is -0.0870. The van der Waals surface area contributed by atoms with E-state index in [4.69, 9.17) is 34.6 Å². The van der Waals surface area contributed by atoms with Crippen LogP contribution in [0.5, 0.6) is 5.75 Å². The maximum Gasteiger partial charge on any atom is 0.398 e. The van der Waals surface area contributed by atoms with Gasteiger partial charge in [-0.3, -0.25) is 4.52 Å². The summed E-state index contributed by atoms with van der Waals surface area (Å²) >= 11 is 0.